The standard InChI is InChI=1S/C21H29NO2/c1-14(2)16-7-9-21(24-5)19(12-16)18(13-22)11-17-10-15(3)6-8-20(17)23-4/h6-10,12,14,18H,11,13,22H2,1-5H3. The zero-order chi connectivity index (χ0) is 17.7. The summed E-state index contributed by atoms with van der Waals surface area (Å²) in [6.07, 6.45) is 0.833. The quantitative estimate of drug-likeness (QED) is 0.818. The first-order valence-corrected chi connectivity index (χ1v) is 8.51. The minimum absolute atomic E-state index is 0.189. The fraction of sp³-hybridized carbons (Fsp3) is 0.429. The van der Waals surface area contributed by atoms with Gasteiger partial charge in [-0.05, 0) is 54.6 Å². The lowest BCUT2D eigenvalue weighted by Crippen LogP contribution is -2.17. The molecule has 0 saturated heterocycles. The van der Waals surface area contributed by atoms with Gasteiger partial charge in [0.15, 0.2) is 0 Å². The molecule has 0 heterocycles. The lowest BCUT2D eigenvalue weighted by atomic mass is 9.88. The van der Waals surface area contributed by atoms with E-state index in [0.29, 0.717) is 12.5 Å². The highest BCUT2D eigenvalue weighted by molar-refractivity contribution is 5.44. The highest BCUT2D eigenvalue weighted by Crippen LogP contribution is 2.34. The van der Waals surface area contributed by atoms with E-state index >= 15 is 0 Å². The van der Waals surface area contributed by atoms with E-state index in [1.807, 2.05) is 6.07 Å². The fourth-order valence-electron chi connectivity index (χ4n) is 3.08. The van der Waals surface area contributed by atoms with Crippen LogP contribution in [-0.2, 0) is 6.42 Å². The van der Waals surface area contributed by atoms with Crippen molar-refractivity contribution in [2.24, 2.45) is 5.73 Å². The van der Waals surface area contributed by atoms with Crippen molar-refractivity contribution in [3.05, 3.63) is 58.7 Å². The molecule has 24 heavy (non-hydrogen) atoms. The molecule has 130 valence electrons. The van der Waals surface area contributed by atoms with Crippen molar-refractivity contribution in [1.82, 2.24) is 0 Å². The maximum atomic E-state index is 6.14. The summed E-state index contributed by atoms with van der Waals surface area (Å²) in [6, 6.07) is 12.7. The predicted molar refractivity (Wildman–Crippen MR) is 100 cm³/mol. The van der Waals surface area contributed by atoms with Crippen LogP contribution in [0.5, 0.6) is 11.5 Å². The third-order valence-electron chi connectivity index (χ3n) is 4.55. The summed E-state index contributed by atoms with van der Waals surface area (Å²) in [5, 5.41) is 0. The first-order valence-electron chi connectivity index (χ1n) is 8.51. The van der Waals surface area contributed by atoms with Crippen LogP contribution in [0.15, 0.2) is 36.4 Å². The number of hydrogen-bond donors (Lipinski definition) is 1. The second kappa shape index (κ2) is 8.20. The second-order valence-corrected chi connectivity index (χ2v) is 6.61. The molecule has 0 amide bonds. The minimum atomic E-state index is 0.189. The number of hydrogen-bond acceptors (Lipinski definition) is 3. The molecule has 1 atom stereocenters. The van der Waals surface area contributed by atoms with Crippen LogP contribution < -0.4 is 15.2 Å². The van der Waals surface area contributed by atoms with Gasteiger partial charge in [-0.25, -0.2) is 0 Å². The van der Waals surface area contributed by atoms with Gasteiger partial charge in [-0.2, -0.15) is 0 Å². The van der Waals surface area contributed by atoms with Gasteiger partial charge >= 0.3 is 0 Å². The van der Waals surface area contributed by atoms with Crippen LogP contribution >= 0.6 is 0 Å². The molecule has 0 spiro atoms. The van der Waals surface area contributed by atoms with Crippen molar-refractivity contribution >= 4 is 0 Å². The van der Waals surface area contributed by atoms with Gasteiger partial charge in [0, 0.05) is 5.92 Å². The monoisotopic (exact) mass is 327 g/mol. The first kappa shape index (κ1) is 18.3. The van der Waals surface area contributed by atoms with E-state index in [4.69, 9.17) is 15.2 Å². The van der Waals surface area contributed by atoms with Crippen LogP contribution in [0.2, 0.25) is 0 Å². The third kappa shape index (κ3) is 4.09. The molecular weight excluding hydrogens is 298 g/mol. The van der Waals surface area contributed by atoms with Gasteiger partial charge in [0.2, 0.25) is 0 Å². The molecule has 2 N–H and O–H groups in total. The Morgan fingerprint density at radius 2 is 1.62 bits per heavy atom. The molecule has 0 saturated carbocycles. The van der Waals surface area contributed by atoms with E-state index in [-0.39, 0.29) is 5.92 Å². The zero-order valence-corrected chi connectivity index (χ0v) is 15.4. The van der Waals surface area contributed by atoms with Crippen molar-refractivity contribution in [2.75, 3.05) is 20.8 Å². The number of rotatable bonds is 7. The summed E-state index contributed by atoms with van der Waals surface area (Å²) >= 11 is 0. The van der Waals surface area contributed by atoms with E-state index in [0.717, 1.165) is 17.9 Å². The largest absolute Gasteiger partial charge is 0.496 e. The van der Waals surface area contributed by atoms with Gasteiger partial charge in [-0.3, -0.25) is 0 Å². The van der Waals surface area contributed by atoms with Crippen LogP contribution in [0.4, 0.5) is 0 Å². The number of methoxy groups -OCH3 is 2. The van der Waals surface area contributed by atoms with Gasteiger partial charge in [0.25, 0.3) is 0 Å². The van der Waals surface area contributed by atoms with Crippen molar-refractivity contribution in [3.8, 4) is 11.5 Å². The smallest absolute Gasteiger partial charge is 0.122 e. The predicted octanol–water partition coefficient (Wildman–Crippen LogP) is 4.42. The lowest BCUT2D eigenvalue weighted by Gasteiger charge is -2.21. The highest BCUT2D eigenvalue weighted by Gasteiger charge is 2.19. The normalized spacial score (nSPS) is 12.3. The van der Waals surface area contributed by atoms with Crippen LogP contribution in [0, 0.1) is 6.92 Å². The Labute approximate surface area is 145 Å². The van der Waals surface area contributed by atoms with Crippen LogP contribution in [-0.4, -0.2) is 20.8 Å². The number of ether oxygens (including phenoxy) is 2. The molecule has 0 aliphatic carbocycles. The molecule has 0 radical (unpaired) electrons. The lowest BCUT2D eigenvalue weighted by molar-refractivity contribution is 0.400. The summed E-state index contributed by atoms with van der Waals surface area (Å²) in [7, 11) is 3.43. The summed E-state index contributed by atoms with van der Waals surface area (Å²) in [5.74, 6) is 2.48. The van der Waals surface area contributed by atoms with Gasteiger partial charge in [0.1, 0.15) is 11.5 Å². The van der Waals surface area contributed by atoms with E-state index in [2.05, 4.69) is 51.1 Å². The fourth-order valence-corrected chi connectivity index (χ4v) is 3.08. The Morgan fingerprint density at radius 1 is 0.958 bits per heavy atom. The molecule has 2 aromatic carbocycles. The molecule has 0 aromatic heterocycles. The summed E-state index contributed by atoms with van der Waals surface area (Å²) in [6.45, 7) is 7.06. The Balaban J connectivity index is 2.41. The van der Waals surface area contributed by atoms with Crippen molar-refractivity contribution in [3.63, 3.8) is 0 Å². The Bertz CT molecular complexity index is 680. The number of aryl methyl sites for hydroxylation is 1. The molecule has 2 aromatic rings. The first-order chi connectivity index (χ1) is 11.5. The average molecular weight is 327 g/mol. The maximum absolute atomic E-state index is 6.14. The Hall–Kier alpha value is -2.00. The third-order valence-corrected chi connectivity index (χ3v) is 4.55. The molecule has 0 aliphatic rings. The number of benzene rings is 2. The van der Waals surface area contributed by atoms with Crippen molar-refractivity contribution in [1.29, 1.82) is 0 Å². The number of nitrogens with two attached hydrogens (primary N) is 1. The second-order valence-electron chi connectivity index (χ2n) is 6.61. The van der Waals surface area contributed by atoms with E-state index in [9.17, 15) is 0 Å². The molecule has 1 unspecified atom stereocenters. The van der Waals surface area contributed by atoms with Crippen LogP contribution in [0.3, 0.4) is 0 Å². The topological polar surface area (TPSA) is 44.5 Å². The maximum Gasteiger partial charge on any atom is 0.122 e. The Kier molecular flexibility index (Phi) is 6.27. The molecule has 2 rings (SSSR count). The van der Waals surface area contributed by atoms with E-state index in [1.54, 1.807) is 14.2 Å². The molecule has 0 bridgehead atoms. The van der Waals surface area contributed by atoms with Gasteiger partial charge in [-0.1, -0.05) is 43.7 Å². The van der Waals surface area contributed by atoms with E-state index in [1.165, 1.54) is 22.3 Å². The minimum Gasteiger partial charge on any atom is -0.496 e. The van der Waals surface area contributed by atoms with Gasteiger partial charge in [0.05, 0.1) is 14.2 Å². The van der Waals surface area contributed by atoms with Crippen molar-refractivity contribution in [2.45, 2.75) is 39.0 Å². The zero-order valence-electron chi connectivity index (χ0n) is 15.4. The average Bonchev–Trinajstić information content (AvgIpc) is 2.59. The highest BCUT2D eigenvalue weighted by atomic mass is 16.5. The SMILES string of the molecule is COc1ccc(C)cc1CC(CN)c1cc(C(C)C)ccc1OC. The summed E-state index contributed by atoms with van der Waals surface area (Å²) < 4.78 is 11.1. The van der Waals surface area contributed by atoms with Gasteiger partial charge < -0.3 is 15.2 Å². The molecule has 0 fully saturated rings. The van der Waals surface area contributed by atoms with Crippen molar-refractivity contribution < 1.29 is 9.47 Å². The van der Waals surface area contributed by atoms with Gasteiger partial charge in [-0.15, -0.1) is 0 Å². The van der Waals surface area contributed by atoms with Crippen LogP contribution in [0.25, 0.3) is 0 Å². The summed E-state index contributed by atoms with van der Waals surface area (Å²) in [5.41, 5.74) is 11.0. The molecule has 3 nitrogen and oxygen atoms in total. The molecule has 0 aliphatic heterocycles. The molecule has 3 heteroatoms. The summed E-state index contributed by atoms with van der Waals surface area (Å²) in [4.78, 5) is 0. The molecular formula is C21H29NO2. The Morgan fingerprint density at radius 3 is 2.21 bits per heavy atom. The van der Waals surface area contributed by atoms with Crippen LogP contribution in [0.1, 0.15) is 47.9 Å². The van der Waals surface area contributed by atoms with E-state index < -0.39 is 0 Å².